The molecule has 0 unspecified atom stereocenters. The minimum Gasteiger partial charge on any atom is -0.395 e. The van der Waals surface area contributed by atoms with Gasteiger partial charge in [-0.05, 0) is 5.56 Å². The zero-order valence-electron chi connectivity index (χ0n) is 14.4. The second-order valence-corrected chi connectivity index (χ2v) is 8.47. The fourth-order valence-corrected chi connectivity index (χ4v) is 5.22. The predicted octanol–water partition coefficient (Wildman–Crippen LogP) is -0.517. The number of benzene rings is 1. The summed E-state index contributed by atoms with van der Waals surface area (Å²) in [5.74, 6) is 0.131. The van der Waals surface area contributed by atoms with Crippen LogP contribution in [0, 0.1) is 0 Å². The third-order valence-electron chi connectivity index (χ3n) is 4.89. The van der Waals surface area contributed by atoms with E-state index in [1.807, 2.05) is 30.3 Å². The number of sulfonamides is 1. The maximum Gasteiger partial charge on any atom is 0.213 e. The Bertz CT molecular complexity index is 633. The van der Waals surface area contributed by atoms with Crippen LogP contribution in [0.25, 0.3) is 0 Å². The second-order valence-electron chi connectivity index (χ2n) is 6.68. The molecule has 1 aromatic carbocycles. The summed E-state index contributed by atoms with van der Waals surface area (Å²) in [4.78, 5) is 4.44. The number of piperazine rings is 1. The third-order valence-corrected chi connectivity index (χ3v) is 6.33. The number of hydrogen-bond acceptors (Lipinski definition) is 6. The lowest BCUT2D eigenvalue weighted by Crippen LogP contribution is -2.55. The van der Waals surface area contributed by atoms with Crippen LogP contribution in [0.5, 0.6) is 0 Å². The highest BCUT2D eigenvalue weighted by Gasteiger charge is 2.41. The van der Waals surface area contributed by atoms with E-state index in [0.29, 0.717) is 19.8 Å². The minimum atomic E-state index is -3.24. The van der Waals surface area contributed by atoms with Crippen molar-refractivity contribution in [1.82, 2.24) is 14.5 Å². The van der Waals surface area contributed by atoms with E-state index in [1.54, 1.807) is 0 Å². The first-order chi connectivity index (χ1) is 12.1. The van der Waals surface area contributed by atoms with Gasteiger partial charge in [-0.15, -0.1) is 0 Å². The van der Waals surface area contributed by atoms with Crippen molar-refractivity contribution in [2.45, 2.75) is 18.7 Å². The smallest absolute Gasteiger partial charge is 0.213 e. The van der Waals surface area contributed by atoms with Crippen molar-refractivity contribution in [1.29, 1.82) is 0 Å². The van der Waals surface area contributed by atoms with Gasteiger partial charge in [0.15, 0.2) is 0 Å². The maximum absolute atomic E-state index is 12.1. The summed E-state index contributed by atoms with van der Waals surface area (Å²) in [6.07, 6.45) is 0. The van der Waals surface area contributed by atoms with Gasteiger partial charge in [-0.2, -0.15) is 0 Å². The zero-order valence-corrected chi connectivity index (χ0v) is 15.2. The van der Waals surface area contributed by atoms with Gasteiger partial charge in [0.1, 0.15) is 0 Å². The van der Waals surface area contributed by atoms with E-state index in [2.05, 4.69) is 14.5 Å². The Labute approximate surface area is 149 Å². The maximum atomic E-state index is 12.1. The highest BCUT2D eigenvalue weighted by atomic mass is 32.2. The summed E-state index contributed by atoms with van der Waals surface area (Å²) >= 11 is 0. The van der Waals surface area contributed by atoms with Gasteiger partial charge in [-0.3, -0.25) is 9.80 Å². The molecule has 2 heterocycles. The van der Waals surface area contributed by atoms with Crippen LogP contribution in [-0.4, -0.2) is 87.1 Å². The van der Waals surface area contributed by atoms with Crippen molar-refractivity contribution in [3.05, 3.63) is 35.9 Å². The molecule has 7 nitrogen and oxygen atoms in total. The van der Waals surface area contributed by atoms with E-state index in [-0.39, 0.29) is 24.4 Å². The average Bonchev–Trinajstić information content (AvgIpc) is 2.92. The first kappa shape index (κ1) is 18.8. The molecule has 8 heteroatoms. The van der Waals surface area contributed by atoms with E-state index >= 15 is 0 Å². The molecule has 140 valence electrons. The lowest BCUT2D eigenvalue weighted by Gasteiger charge is -2.39. The van der Waals surface area contributed by atoms with E-state index in [4.69, 9.17) is 9.84 Å². The van der Waals surface area contributed by atoms with Crippen LogP contribution in [0.3, 0.4) is 0 Å². The molecule has 2 atom stereocenters. The number of aliphatic hydroxyl groups is 1. The van der Waals surface area contributed by atoms with Crippen LogP contribution in [-0.2, 0) is 21.4 Å². The van der Waals surface area contributed by atoms with Gasteiger partial charge in [0, 0.05) is 38.8 Å². The van der Waals surface area contributed by atoms with Crippen LogP contribution in [0.4, 0.5) is 0 Å². The molecule has 0 aliphatic carbocycles. The highest BCUT2D eigenvalue weighted by molar-refractivity contribution is 7.89. The monoisotopic (exact) mass is 369 g/mol. The molecular formula is C17H27N3O4S. The van der Waals surface area contributed by atoms with Crippen LogP contribution in [0.15, 0.2) is 30.3 Å². The molecule has 2 fully saturated rings. The summed E-state index contributed by atoms with van der Waals surface area (Å²) < 4.78 is 32.6. The summed E-state index contributed by atoms with van der Waals surface area (Å²) in [6.45, 7) is 5.04. The number of ether oxygens (including phenoxy) is 1. The Kier molecular flexibility index (Phi) is 6.43. The van der Waals surface area contributed by atoms with Gasteiger partial charge in [0.05, 0.1) is 31.6 Å². The predicted molar refractivity (Wildman–Crippen MR) is 95.7 cm³/mol. The summed E-state index contributed by atoms with van der Waals surface area (Å²) in [5.41, 5.74) is 1.08. The van der Waals surface area contributed by atoms with Gasteiger partial charge in [0.2, 0.25) is 10.0 Å². The largest absolute Gasteiger partial charge is 0.395 e. The first-order valence-electron chi connectivity index (χ1n) is 8.76. The summed E-state index contributed by atoms with van der Waals surface area (Å²) in [6, 6.07) is 9.61. The average molecular weight is 369 g/mol. The molecule has 3 rings (SSSR count). The number of rotatable bonds is 7. The number of aliphatic hydroxyl groups excluding tert-OH is 1. The molecule has 2 aliphatic heterocycles. The SMILES string of the molecule is O=S1(=O)C[C@H](N2CCN(CCO)CC2)[C@@H](COCc2ccccc2)N1. The Morgan fingerprint density at radius 3 is 2.56 bits per heavy atom. The molecule has 0 radical (unpaired) electrons. The molecule has 25 heavy (non-hydrogen) atoms. The summed E-state index contributed by atoms with van der Waals surface area (Å²) in [5, 5.41) is 9.04. The Hall–Kier alpha value is -1.03. The van der Waals surface area contributed by atoms with Crippen molar-refractivity contribution in [3.63, 3.8) is 0 Å². The highest BCUT2D eigenvalue weighted by Crippen LogP contribution is 2.18. The van der Waals surface area contributed by atoms with Crippen molar-refractivity contribution >= 4 is 10.0 Å². The minimum absolute atomic E-state index is 0.0583. The molecule has 0 spiro atoms. The molecule has 2 saturated heterocycles. The molecule has 0 aromatic heterocycles. The Morgan fingerprint density at radius 1 is 1.16 bits per heavy atom. The van der Waals surface area contributed by atoms with Gasteiger partial charge >= 0.3 is 0 Å². The number of nitrogens with one attached hydrogen (secondary N) is 1. The number of β-amino-alcohol motifs (C(OH)–C–C–N with tert-alkyl or cyclic N) is 1. The molecule has 2 aliphatic rings. The lowest BCUT2D eigenvalue weighted by atomic mass is 10.1. The van der Waals surface area contributed by atoms with Crippen molar-refractivity contribution in [2.24, 2.45) is 0 Å². The van der Waals surface area contributed by atoms with E-state index < -0.39 is 10.0 Å². The molecule has 0 amide bonds. The van der Waals surface area contributed by atoms with Crippen molar-refractivity contribution in [3.8, 4) is 0 Å². The number of hydrogen-bond donors (Lipinski definition) is 2. The van der Waals surface area contributed by atoms with Gasteiger partial charge in [0.25, 0.3) is 0 Å². The van der Waals surface area contributed by atoms with Crippen LogP contribution in [0.1, 0.15) is 5.56 Å². The Morgan fingerprint density at radius 2 is 1.88 bits per heavy atom. The fraction of sp³-hybridized carbons (Fsp3) is 0.647. The van der Waals surface area contributed by atoms with E-state index in [0.717, 1.165) is 31.7 Å². The molecule has 0 saturated carbocycles. The van der Waals surface area contributed by atoms with E-state index in [9.17, 15) is 8.42 Å². The standard InChI is InChI=1S/C17H27N3O4S/c21-11-10-19-6-8-20(9-7-19)17-14-25(22,23)18-16(17)13-24-12-15-4-2-1-3-5-15/h1-5,16-18,21H,6-14H2/t16-,17+/m1/s1. The van der Waals surface area contributed by atoms with E-state index in [1.165, 1.54) is 0 Å². The van der Waals surface area contributed by atoms with Gasteiger partial charge < -0.3 is 9.84 Å². The first-order valence-corrected chi connectivity index (χ1v) is 10.4. The molecular weight excluding hydrogens is 342 g/mol. The fourth-order valence-electron chi connectivity index (χ4n) is 3.54. The zero-order chi connectivity index (χ0) is 17.7. The third kappa shape index (κ3) is 5.22. The van der Waals surface area contributed by atoms with Gasteiger partial charge in [-0.25, -0.2) is 13.1 Å². The molecule has 0 bridgehead atoms. The Balaban J connectivity index is 1.54. The van der Waals surface area contributed by atoms with Gasteiger partial charge in [-0.1, -0.05) is 30.3 Å². The van der Waals surface area contributed by atoms with Crippen molar-refractivity contribution < 1.29 is 18.3 Å². The van der Waals surface area contributed by atoms with Crippen LogP contribution in [0.2, 0.25) is 0 Å². The topological polar surface area (TPSA) is 82.1 Å². The normalized spacial score (nSPS) is 27.6. The molecule has 1 aromatic rings. The van der Waals surface area contributed by atoms with Crippen LogP contribution >= 0.6 is 0 Å². The summed E-state index contributed by atoms with van der Waals surface area (Å²) in [7, 11) is -3.24. The number of nitrogens with zero attached hydrogens (tertiary/aromatic N) is 2. The lowest BCUT2D eigenvalue weighted by molar-refractivity contribution is 0.0500. The van der Waals surface area contributed by atoms with Crippen LogP contribution < -0.4 is 4.72 Å². The second kappa shape index (κ2) is 8.57. The molecule has 2 N–H and O–H groups in total. The quantitative estimate of drug-likeness (QED) is 0.673. The van der Waals surface area contributed by atoms with Crippen molar-refractivity contribution in [2.75, 3.05) is 51.7 Å².